The number of nitrogens with one attached hydrogen (secondary N) is 1. The van der Waals surface area contributed by atoms with E-state index in [4.69, 9.17) is 9.15 Å². The minimum absolute atomic E-state index is 0.0463. The van der Waals surface area contributed by atoms with Gasteiger partial charge in [-0.2, -0.15) is 0 Å². The van der Waals surface area contributed by atoms with Crippen molar-refractivity contribution in [1.82, 2.24) is 4.98 Å². The smallest absolute Gasteiger partial charge is 0.262 e. The molecule has 4 rings (SSSR count). The SMILES string of the molecule is Cc1cccc(OCC(=O)Nc2ccc(-c3nc4cc(C(C)C)ccc4o3)cc2)c1C. The van der Waals surface area contributed by atoms with E-state index in [2.05, 4.69) is 36.3 Å². The third-order valence-electron chi connectivity index (χ3n) is 5.41. The molecule has 0 saturated heterocycles. The Labute approximate surface area is 182 Å². The molecule has 5 nitrogen and oxygen atoms in total. The van der Waals surface area contributed by atoms with Crippen molar-refractivity contribution in [3.05, 3.63) is 77.4 Å². The zero-order valence-electron chi connectivity index (χ0n) is 18.2. The quantitative estimate of drug-likeness (QED) is 0.405. The minimum Gasteiger partial charge on any atom is -0.483 e. The molecule has 0 bridgehead atoms. The average Bonchev–Trinajstić information content (AvgIpc) is 3.18. The molecule has 0 fully saturated rings. The van der Waals surface area contributed by atoms with E-state index in [0.29, 0.717) is 17.5 Å². The summed E-state index contributed by atoms with van der Waals surface area (Å²) in [5, 5.41) is 2.86. The van der Waals surface area contributed by atoms with Gasteiger partial charge >= 0.3 is 0 Å². The Balaban J connectivity index is 1.41. The molecule has 31 heavy (non-hydrogen) atoms. The molecule has 1 amide bonds. The highest BCUT2D eigenvalue weighted by molar-refractivity contribution is 5.92. The maximum atomic E-state index is 12.3. The van der Waals surface area contributed by atoms with Crippen LogP contribution in [0.15, 0.2) is 65.1 Å². The van der Waals surface area contributed by atoms with E-state index in [0.717, 1.165) is 33.5 Å². The molecule has 0 saturated carbocycles. The lowest BCUT2D eigenvalue weighted by atomic mass is 10.0. The highest BCUT2D eigenvalue weighted by atomic mass is 16.5. The number of hydrogen-bond acceptors (Lipinski definition) is 4. The number of aryl methyl sites for hydroxylation is 1. The first kappa shape index (κ1) is 20.7. The number of carbonyl (C=O) groups excluding carboxylic acids is 1. The topological polar surface area (TPSA) is 64.4 Å². The van der Waals surface area contributed by atoms with Crippen LogP contribution in [0.1, 0.15) is 36.5 Å². The number of benzene rings is 3. The maximum absolute atomic E-state index is 12.3. The van der Waals surface area contributed by atoms with E-state index < -0.39 is 0 Å². The van der Waals surface area contributed by atoms with Crippen LogP contribution in [-0.4, -0.2) is 17.5 Å². The monoisotopic (exact) mass is 414 g/mol. The van der Waals surface area contributed by atoms with Gasteiger partial charge < -0.3 is 14.5 Å². The third kappa shape index (κ3) is 4.61. The number of anilines is 1. The van der Waals surface area contributed by atoms with Crippen molar-refractivity contribution >= 4 is 22.7 Å². The van der Waals surface area contributed by atoms with Gasteiger partial charge in [0.2, 0.25) is 5.89 Å². The van der Waals surface area contributed by atoms with Crippen LogP contribution in [0, 0.1) is 13.8 Å². The first-order valence-electron chi connectivity index (χ1n) is 10.4. The summed E-state index contributed by atoms with van der Waals surface area (Å²) in [4.78, 5) is 16.9. The van der Waals surface area contributed by atoms with Gasteiger partial charge in [0.25, 0.3) is 5.91 Å². The van der Waals surface area contributed by atoms with Gasteiger partial charge in [0.1, 0.15) is 11.3 Å². The zero-order chi connectivity index (χ0) is 22.0. The van der Waals surface area contributed by atoms with Crippen LogP contribution in [0.4, 0.5) is 5.69 Å². The molecular formula is C26H26N2O3. The van der Waals surface area contributed by atoms with E-state index in [1.807, 2.05) is 62.4 Å². The highest BCUT2D eigenvalue weighted by Gasteiger charge is 2.11. The van der Waals surface area contributed by atoms with Gasteiger partial charge in [-0.05, 0) is 78.9 Å². The zero-order valence-corrected chi connectivity index (χ0v) is 18.2. The van der Waals surface area contributed by atoms with Crippen molar-refractivity contribution < 1.29 is 13.9 Å². The fourth-order valence-corrected chi connectivity index (χ4v) is 3.34. The number of carbonyl (C=O) groups is 1. The van der Waals surface area contributed by atoms with Crippen LogP contribution in [0.25, 0.3) is 22.6 Å². The standard InChI is InChI=1S/C26H26N2O3/c1-16(2)20-10-13-24-22(14-20)28-26(31-24)19-8-11-21(12-9-19)27-25(29)15-30-23-7-5-6-17(3)18(23)4/h5-14,16H,15H2,1-4H3,(H,27,29). The summed E-state index contributed by atoms with van der Waals surface area (Å²) < 4.78 is 11.6. The molecule has 1 N–H and O–H groups in total. The van der Waals surface area contributed by atoms with E-state index in [1.54, 1.807) is 0 Å². The van der Waals surface area contributed by atoms with Gasteiger partial charge in [-0.1, -0.05) is 32.0 Å². The summed E-state index contributed by atoms with van der Waals surface area (Å²) >= 11 is 0. The number of oxazole rings is 1. The van der Waals surface area contributed by atoms with Crippen LogP contribution in [0.2, 0.25) is 0 Å². The molecule has 0 unspecified atom stereocenters. The highest BCUT2D eigenvalue weighted by Crippen LogP contribution is 2.27. The number of nitrogens with zero attached hydrogens (tertiary/aromatic N) is 1. The van der Waals surface area contributed by atoms with Crippen molar-refractivity contribution in [1.29, 1.82) is 0 Å². The Morgan fingerprint density at radius 2 is 1.84 bits per heavy atom. The fraction of sp³-hybridized carbons (Fsp3) is 0.231. The Bertz CT molecular complexity index is 1220. The van der Waals surface area contributed by atoms with Gasteiger partial charge in [-0.25, -0.2) is 4.98 Å². The number of rotatable bonds is 6. The summed E-state index contributed by atoms with van der Waals surface area (Å²) in [5.41, 5.74) is 6.56. The van der Waals surface area contributed by atoms with Gasteiger partial charge in [0, 0.05) is 11.3 Å². The van der Waals surface area contributed by atoms with Crippen LogP contribution < -0.4 is 10.1 Å². The summed E-state index contributed by atoms with van der Waals surface area (Å²) in [6.07, 6.45) is 0. The van der Waals surface area contributed by atoms with Crippen molar-refractivity contribution in [2.45, 2.75) is 33.6 Å². The second-order valence-electron chi connectivity index (χ2n) is 8.01. The number of fused-ring (bicyclic) bond motifs is 1. The van der Waals surface area contributed by atoms with Crippen LogP contribution >= 0.6 is 0 Å². The van der Waals surface area contributed by atoms with Crippen molar-refractivity contribution in [2.75, 3.05) is 11.9 Å². The van der Waals surface area contributed by atoms with Crippen molar-refractivity contribution in [3.63, 3.8) is 0 Å². The molecule has 4 aromatic rings. The largest absolute Gasteiger partial charge is 0.483 e. The molecule has 5 heteroatoms. The van der Waals surface area contributed by atoms with Crippen LogP contribution in [0.5, 0.6) is 5.75 Å². The number of aromatic nitrogens is 1. The van der Waals surface area contributed by atoms with Crippen molar-refractivity contribution in [2.24, 2.45) is 0 Å². The average molecular weight is 415 g/mol. The predicted molar refractivity (Wildman–Crippen MR) is 124 cm³/mol. The van der Waals surface area contributed by atoms with Crippen molar-refractivity contribution in [3.8, 4) is 17.2 Å². The summed E-state index contributed by atoms with van der Waals surface area (Å²) in [6, 6.07) is 19.3. The lowest BCUT2D eigenvalue weighted by Crippen LogP contribution is -2.20. The molecule has 0 radical (unpaired) electrons. The van der Waals surface area contributed by atoms with E-state index in [9.17, 15) is 4.79 Å². The van der Waals surface area contributed by atoms with Crippen LogP contribution in [0.3, 0.4) is 0 Å². The molecule has 3 aromatic carbocycles. The second-order valence-corrected chi connectivity index (χ2v) is 8.01. The van der Waals surface area contributed by atoms with Gasteiger partial charge in [0.15, 0.2) is 12.2 Å². The van der Waals surface area contributed by atoms with Crippen LogP contribution in [-0.2, 0) is 4.79 Å². The Hall–Kier alpha value is -3.60. The number of hydrogen-bond donors (Lipinski definition) is 1. The van der Waals surface area contributed by atoms with E-state index >= 15 is 0 Å². The summed E-state index contributed by atoms with van der Waals surface area (Å²) in [7, 11) is 0. The Morgan fingerprint density at radius 1 is 1.06 bits per heavy atom. The normalized spacial score (nSPS) is 11.1. The minimum atomic E-state index is -0.211. The fourth-order valence-electron chi connectivity index (χ4n) is 3.34. The second kappa shape index (κ2) is 8.64. The molecule has 1 aromatic heterocycles. The molecular weight excluding hydrogens is 388 g/mol. The Kier molecular flexibility index (Phi) is 5.76. The summed E-state index contributed by atoms with van der Waals surface area (Å²) in [5.74, 6) is 1.51. The van der Waals surface area contributed by atoms with Gasteiger partial charge in [-0.15, -0.1) is 0 Å². The molecule has 0 aliphatic heterocycles. The molecule has 158 valence electrons. The third-order valence-corrected chi connectivity index (χ3v) is 5.41. The van der Waals surface area contributed by atoms with Gasteiger partial charge in [-0.3, -0.25) is 4.79 Å². The summed E-state index contributed by atoms with van der Waals surface area (Å²) in [6.45, 7) is 8.26. The number of amides is 1. The number of ether oxygens (including phenoxy) is 1. The molecule has 0 spiro atoms. The molecule has 0 aliphatic carbocycles. The van der Waals surface area contributed by atoms with E-state index in [-0.39, 0.29) is 12.5 Å². The molecule has 0 aliphatic rings. The first-order chi connectivity index (χ1) is 14.9. The van der Waals surface area contributed by atoms with Gasteiger partial charge in [0.05, 0.1) is 0 Å². The molecule has 1 heterocycles. The van der Waals surface area contributed by atoms with E-state index in [1.165, 1.54) is 5.56 Å². The lowest BCUT2D eigenvalue weighted by Gasteiger charge is -2.11. The predicted octanol–water partition coefficient (Wildman–Crippen LogP) is 6.25. The maximum Gasteiger partial charge on any atom is 0.262 e. The first-order valence-corrected chi connectivity index (χ1v) is 10.4. The Morgan fingerprint density at radius 3 is 2.58 bits per heavy atom. The lowest BCUT2D eigenvalue weighted by molar-refractivity contribution is -0.118. The molecule has 0 atom stereocenters.